The van der Waals surface area contributed by atoms with Crippen LogP contribution in [-0.2, 0) is 9.53 Å². The first-order valence-corrected chi connectivity index (χ1v) is 3.90. The summed E-state index contributed by atoms with van der Waals surface area (Å²) >= 11 is 0. The first-order chi connectivity index (χ1) is 5.74. The molecule has 0 saturated carbocycles. The van der Waals surface area contributed by atoms with Gasteiger partial charge in [0.1, 0.15) is 0 Å². The zero-order chi connectivity index (χ0) is 9.40. The molecule has 0 fully saturated rings. The van der Waals surface area contributed by atoms with Crippen LogP contribution < -0.4 is 0 Å². The van der Waals surface area contributed by atoms with Crippen LogP contribution in [0.15, 0.2) is 0 Å². The second-order valence-electron chi connectivity index (χ2n) is 2.44. The number of carbonyl (C=O) groups excluding carboxylic acids is 1. The lowest BCUT2D eigenvalue weighted by molar-refractivity contribution is -0.141. The Balaban J connectivity index is 3.78. The molecule has 0 saturated heterocycles. The fraction of sp³-hybridized carbons (Fsp3) is 0.750. The third kappa shape index (κ3) is 4.69. The van der Waals surface area contributed by atoms with Crippen molar-refractivity contribution in [1.29, 1.82) is 5.26 Å². The highest BCUT2D eigenvalue weighted by atomic mass is 16.5. The summed E-state index contributed by atoms with van der Waals surface area (Å²) in [7, 11) is 1.35. The first-order valence-electron chi connectivity index (χ1n) is 3.90. The van der Waals surface area contributed by atoms with Crippen LogP contribution in [0, 0.1) is 11.3 Å². The Bertz CT molecular complexity index is 174. The van der Waals surface area contributed by atoms with Crippen molar-refractivity contribution in [2.24, 2.45) is 0 Å². The molecule has 0 rings (SSSR count). The highest BCUT2D eigenvalue weighted by Crippen LogP contribution is 1.90. The molecule has 0 bridgehead atoms. The molecule has 4 heteroatoms. The molecule has 0 amide bonds. The molecule has 0 aromatic rings. The number of nitrogens with zero attached hydrogens (tertiary/aromatic N) is 2. The molecule has 0 aromatic heterocycles. The molecule has 0 aliphatic rings. The Hall–Kier alpha value is -1.08. The van der Waals surface area contributed by atoms with Crippen LogP contribution in [-0.4, -0.2) is 37.6 Å². The van der Waals surface area contributed by atoms with E-state index in [9.17, 15) is 4.79 Å². The van der Waals surface area contributed by atoms with Gasteiger partial charge in [-0.1, -0.05) is 6.92 Å². The van der Waals surface area contributed by atoms with Crippen molar-refractivity contribution in [3.8, 4) is 6.07 Å². The molecule has 0 atom stereocenters. The Morgan fingerprint density at radius 1 is 1.67 bits per heavy atom. The van der Waals surface area contributed by atoms with Crippen molar-refractivity contribution < 1.29 is 9.53 Å². The monoisotopic (exact) mass is 170 g/mol. The number of nitriles is 1. The maximum absolute atomic E-state index is 10.8. The van der Waals surface area contributed by atoms with Gasteiger partial charge < -0.3 is 4.74 Å². The maximum Gasteiger partial charge on any atom is 0.319 e. The van der Waals surface area contributed by atoms with Crippen LogP contribution in [0.5, 0.6) is 0 Å². The molecular weight excluding hydrogens is 156 g/mol. The number of hydrogen-bond donors (Lipinski definition) is 0. The molecule has 0 spiro atoms. The van der Waals surface area contributed by atoms with Gasteiger partial charge in [0.05, 0.1) is 26.3 Å². The van der Waals surface area contributed by atoms with Crippen molar-refractivity contribution >= 4 is 5.97 Å². The van der Waals surface area contributed by atoms with Gasteiger partial charge in [0.2, 0.25) is 0 Å². The summed E-state index contributed by atoms with van der Waals surface area (Å²) in [6.07, 6.45) is 0.929. The van der Waals surface area contributed by atoms with E-state index >= 15 is 0 Å². The molecular formula is C8H14N2O2. The fourth-order valence-corrected chi connectivity index (χ4v) is 0.877. The molecule has 12 heavy (non-hydrogen) atoms. The van der Waals surface area contributed by atoms with Crippen molar-refractivity contribution in [3.05, 3.63) is 0 Å². The number of esters is 1. The summed E-state index contributed by atoms with van der Waals surface area (Å²) in [5, 5.41) is 8.41. The molecule has 0 aliphatic heterocycles. The molecule has 0 aliphatic carbocycles. The smallest absolute Gasteiger partial charge is 0.319 e. The van der Waals surface area contributed by atoms with E-state index < -0.39 is 0 Å². The summed E-state index contributed by atoms with van der Waals surface area (Å²) < 4.78 is 4.48. The Kier molecular flexibility index (Phi) is 6.02. The molecule has 0 N–H and O–H groups in total. The van der Waals surface area contributed by atoms with Gasteiger partial charge in [-0.15, -0.1) is 0 Å². The third-order valence-electron chi connectivity index (χ3n) is 1.41. The zero-order valence-electron chi connectivity index (χ0n) is 7.54. The molecule has 68 valence electrons. The minimum absolute atomic E-state index is 0.206. The van der Waals surface area contributed by atoms with E-state index in [1.807, 2.05) is 13.0 Å². The average Bonchev–Trinajstić information content (AvgIpc) is 2.05. The second kappa shape index (κ2) is 6.62. The summed E-state index contributed by atoms with van der Waals surface area (Å²) in [4.78, 5) is 12.6. The number of methoxy groups -OCH3 is 1. The van der Waals surface area contributed by atoms with Gasteiger partial charge in [0.25, 0.3) is 0 Å². The van der Waals surface area contributed by atoms with Gasteiger partial charge in [-0.2, -0.15) is 5.26 Å². The maximum atomic E-state index is 10.8. The molecule has 0 heterocycles. The number of hydrogen-bond acceptors (Lipinski definition) is 4. The van der Waals surface area contributed by atoms with Crippen molar-refractivity contribution in [2.75, 3.05) is 26.7 Å². The third-order valence-corrected chi connectivity index (χ3v) is 1.41. The average molecular weight is 170 g/mol. The van der Waals surface area contributed by atoms with E-state index in [1.54, 1.807) is 4.90 Å². The summed E-state index contributed by atoms with van der Waals surface area (Å²) in [6.45, 7) is 3.24. The van der Waals surface area contributed by atoms with Gasteiger partial charge in [-0.25, -0.2) is 0 Å². The van der Waals surface area contributed by atoms with Crippen LogP contribution in [0.2, 0.25) is 0 Å². The quantitative estimate of drug-likeness (QED) is 0.442. The van der Waals surface area contributed by atoms with Crippen LogP contribution in [0.1, 0.15) is 13.3 Å². The van der Waals surface area contributed by atoms with E-state index in [0.717, 1.165) is 13.0 Å². The van der Waals surface area contributed by atoms with Gasteiger partial charge in [0.15, 0.2) is 0 Å². The molecule has 0 unspecified atom stereocenters. The lowest BCUT2D eigenvalue weighted by atomic mass is 10.4. The Morgan fingerprint density at radius 2 is 2.33 bits per heavy atom. The SMILES string of the molecule is CCCN(CC#N)CC(=O)OC. The standard InChI is InChI=1S/C8H14N2O2/c1-3-5-10(6-4-9)7-8(11)12-2/h3,5-7H2,1-2H3. The number of rotatable bonds is 5. The van der Waals surface area contributed by atoms with Crippen LogP contribution in [0.3, 0.4) is 0 Å². The highest BCUT2D eigenvalue weighted by molar-refractivity contribution is 5.71. The van der Waals surface area contributed by atoms with Crippen molar-refractivity contribution in [2.45, 2.75) is 13.3 Å². The normalized spacial score (nSPS) is 9.50. The molecule has 4 nitrogen and oxygen atoms in total. The van der Waals surface area contributed by atoms with E-state index in [1.165, 1.54) is 7.11 Å². The largest absolute Gasteiger partial charge is 0.468 e. The predicted octanol–water partition coefficient (Wildman–Crippen LogP) is 0.395. The second-order valence-corrected chi connectivity index (χ2v) is 2.44. The molecule has 0 radical (unpaired) electrons. The van der Waals surface area contributed by atoms with Crippen LogP contribution in [0.25, 0.3) is 0 Å². The van der Waals surface area contributed by atoms with E-state index in [2.05, 4.69) is 4.74 Å². The highest BCUT2D eigenvalue weighted by Gasteiger charge is 2.08. The minimum atomic E-state index is -0.293. The van der Waals surface area contributed by atoms with E-state index in [4.69, 9.17) is 5.26 Å². The van der Waals surface area contributed by atoms with E-state index in [0.29, 0.717) is 0 Å². The summed E-state index contributed by atoms with van der Waals surface area (Å²) in [5.74, 6) is -0.293. The topological polar surface area (TPSA) is 53.3 Å². The van der Waals surface area contributed by atoms with Gasteiger partial charge >= 0.3 is 5.97 Å². The zero-order valence-corrected chi connectivity index (χ0v) is 7.54. The molecule has 0 aromatic carbocycles. The lowest BCUT2D eigenvalue weighted by Crippen LogP contribution is -2.31. The number of carbonyl (C=O) groups is 1. The first kappa shape index (κ1) is 10.9. The van der Waals surface area contributed by atoms with Gasteiger partial charge in [0, 0.05) is 0 Å². The summed E-state index contributed by atoms with van der Waals surface area (Å²) in [5.41, 5.74) is 0. The fourth-order valence-electron chi connectivity index (χ4n) is 0.877. The Labute approximate surface area is 72.7 Å². The lowest BCUT2D eigenvalue weighted by Gasteiger charge is -2.15. The van der Waals surface area contributed by atoms with Gasteiger partial charge in [-0.3, -0.25) is 9.69 Å². The summed E-state index contributed by atoms with van der Waals surface area (Å²) in [6, 6.07) is 2.00. The van der Waals surface area contributed by atoms with Crippen molar-refractivity contribution in [1.82, 2.24) is 4.90 Å². The van der Waals surface area contributed by atoms with E-state index in [-0.39, 0.29) is 19.1 Å². The van der Waals surface area contributed by atoms with Crippen LogP contribution in [0.4, 0.5) is 0 Å². The van der Waals surface area contributed by atoms with Crippen LogP contribution >= 0.6 is 0 Å². The van der Waals surface area contributed by atoms with Gasteiger partial charge in [-0.05, 0) is 13.0 Å². The predicted molar refractivity (Wildman–Crippen MR) is 44.4 cm³/mol. The Morgan fingerprint density at radius 3 is 2.75 bits per heavy atom. The minimum Gasteiger partial charge on any atom is -0.468 e. The number of ether oxygens (including phenoxy) is 1. The van der Waals surface area contributed by atoms with Crippen molar-refractivity contribution in [3.63, 3.8) is 0 Å².